The van der Waals surface area contributed by atoms with Crippen LogP contribution in [0.4, 0.5) is 4.39 Å². The van der Waals surface area contributed by atoms with E-state index in [1.165, 1.54) is 23.5 Å². The van der Waals surface area contributed by atoms with Crippen LogP contribution in [0.3, 0.4) is 0 Å². The lowest BCUT2D eigenvalue weighted by molar-refractivity contribution is 0.0891. The Labute approximate surface area is 157 Å². The highest BCUT2D eigenvalue weighted by Gasteiger charge is 2.27. The monoisotopic (exact) mass is 393 g/mol. The van der Waals surface area contributed by atoms with E-state index in [-0.39, 0.29) is 36.5 Å². The van der Waals surface area contributed by atoms with Crippen LogP contribution in [0.2, 0.25) is 0 Å². The molecule has 0 spiro atoms. The topological polar surface area (TPSA) is 68.0 Å². The van der Waals surface area contributed by atoms with Gasteiger partial charge in [0.25, 0.3) is 5.91 Å². The van der Waals surface area contributed by atoms with E-state index in [1.54, 1.807) is 17.5 Å². The summed E-state index contributed by atoms with van der Waals surface area (Å²) in [5.41, 5.74) is 6.56. The van der Waals surface area contributed by atoms with Gasteiger partial charge in [0.2, 0.25) is 0 Å². The van der Waals surface area contributed by atoms with Crippen LogP contribution in [0.5, 0.6) is 0 Å². The number of halogens is 3. The predicted octanol–water partition coefficient (Wildman–Crippen LogP) is 4.04. The molecule has 0 fully saturated rings. The maximum Gasteiger partial charge on any atom is 0.271 e. The van der Waals surface area contributed by atoms with E-state index in [9.17, 15) is 9.18 Å². The Morgan fingerprint density at radius 2 is 1.83 bits per heavy atom. The zero-order chi connectivity index (χ0) is 16.2. The number of carbonyl (C=O) groups excluding carboxylic acids is 1. The lowest BCUT2D eigenvalue weighted by Gasteiger charge is -2.31. The molecule has 2 rings (SSSR count). The number of hydrogen-bond acceptors (Lipinski definition) is 4. The first-order valence-corrected chi connectivity index (χ1v) is 8.15. The summed E-state index contributed by atoms with van der Waals surface area (Å²) in [7, 11) is 0. The van der Waals surface area contributed by atoms with E-state index in [1.807, 2.05) is 13.8 Å². The van der Waals surface area contributed by atoms with E-state index in [2.05, 4.69) is 10.3 Å². The number of carbonyl (C=O) groups is 1. The van der Waals surface area contributed by atoms with Crippen LogP contribution in [-0.2, 0) is 0 Å². The molecule has 1 aromatic carbocycles. The molecule has 0 unspecified atom stereocenters. The molecule has 1 aromatic heterocycles. The number of aromatic nitrogens is 1. The van der Waals surface area contributed by atoms with Crippen molar-refractivity contribution in [1.29, 1.82) is 0 Å². The standard InChI is InChI=1S/C16H20FN3OS.2ClH/c1-3-16(4-2,10-18)20-14(21)13-9-22-15(19-13)11-5-7-12(17)8-6-11;;/h5-9H,3-4,10,18H2,1-2H3,(H,20,21);2*1H. The van der Waals surface area contributed by atoms with Crippen molar-refractivity contribution in [3.63, 3.8) is 0 Å². The first-order valence-electron chi connectivity index (χ1n) is 7.27. The summed E-state index contributed by atoms with van der Waals surface area (Å²) in [6.07, 6.45) is 1.53. The highest BCUT2D eigenvalue weighted by Crippen LogP contribution is 2.24. The molecular weight excluding hydrogens is 372 g/mol. The van der Waals surface area contributed by atoms with Crippen molar-refractivity contribution in [3.05, 3.63) is 41.2 Å². The Balaban J connectivity index is 0.00000264. The molecule has 0 aliphatic carbocycles. The van der Waals surface area contributed by atoms with Gasteiger partial charge in [-0.3, -0.25) is 4.79 Å². The number of nitrogens with one attached hydrogen (secondary N) is 1. The van der Waals surface area contributed by atoms with Gasteiger partial charge in [0.05, 0.1) is 5.54 Å². The Bertz CT molecular complexity index is 637. The van der Waals surface area contributed by atoms with Gasteiger partial charge in [0.15, 0.2) is 0 Å². The zero-order valence-corrected chi connectivity index (χ0v) is 16.0. The molecule has 0 aliphatic heterocycles. The Kier molecular flexibility index (Phi) is 9.43. The molecule has 0 saturated heterocycles. The third-order valence-electron chi connectivity index (χ3n) is 3.95. The van der Waals surface area contributed by atoms with Crippen LogP contribution < -0.4 is 11.1 Å². The minimum atomic E-state index is -0.392. The van der Waals surface area contributed by atoms with Crippen molar-refractivity contribution in [2.75, 3.05) is 6.54 Å². The van der Waals surface area contributed by atoms with Crippen molar-refractivity contribution >= 4 is 42.1 Å². The summed E-state index contributed by atoms with van der Waals surface area (Å²) in [4.78, 5) is 16.7. The molecule has 2 aromatic rings. The highest BCUT2D eigenvalue weighted by molar-refractivity contribution is 7.13. The van der Waals surface area contributed by atoms with Crippen LogP contribution in [-0.4, -0.2) is 23.0 Å². The van der Waals surface area contributed by atoms with E-state index < -0.39 is 5.54 Å². The van der Waals surface area contributed by atoms with Crippen LogP contribution in [0.25, 0.3) is 10.6 Å². The summed E-state index contributed by atoms with van der Waals surface area (Å²) in [5.74, 6) is -0.518. The van der Waals surface area contributed by atoms with Crippen molar-refractivity contribution in [3.8, 4) is 10.6 Å². The number of amides is 1. The quantitative estimate of drug-likeness (QED) is 0.777. The third kappa shape index (κ3) is 5.14. The second kappa shape index (κ2) is 9.93. The van der Waals surface area contributed by atoms with Gasteiger partial charge in [-0.2, -0.15) is 0 Å². The summed E-state index contributed by atoms with van der Waals surface area (Å²) in [6, 6.07) is 6.06. The molecule has 3 N–H and O–H groups in total. The van der Waals surface area contributed by atoms with Crippen molar-refractivity contribution in [1.82, 2.24) is 10.3 Å². The molecule has 0 radical (unpaired) electrons. The fraction of sp³-hybridized carbons (Fsp3) is 0.375. The SMILES string of the molecule is CCC(CC)(CN)NC(=O)c1csc(-c2ccc(F)cc2)n1.Cl.Cl. The molecule has 8 heteroatoms. The molecule has 0 bridgehead atoms. The number of hydrogen-bond donors (Lipinski definition) is 2. The molecular formula is C16H22Cl2FN3OS. The number of rotatable bonds is 6. The molecule has 1 heterocycles. The lowest BCUT2D eigenvalue weighted by Crippen LogP contribution is -2.52. The minimum absolute atomic E-state index is 0. The summed E-state index contributed by atoms with van der Waals surface area (Å²) < 4.78 is 12.9. The van der Waals surface area contributed by atoms with Gasteiger partial charge in [-0.15, -0.1) is 36.2 Å². The second-order valence-corrected chi connectivity index (χ2v) is 6.05. The van der Waals surface area contributed by atoms with Crippen LogP contribution in [0.1, 0.15) is 37.2 Å². The molecule has 0 atom stereocenters. The van der Waals surface area contributed by atoms with Gasteiger partial charge < -0.3 is 11.1 Å². The van der Waals surface area contributed by atoms with Gasteiger partial charge in [-0.05, 0) is 37.1 Å². The van der Waals surface area contributed by atoms with Crippen LogP contribution >= 0.6 is 36.2 Å². The smallest absolute Gasteiger partial charge is 0.271 e. The van der Waals surface area contributed by atoms with Gasteiger partial charge in [0.1, 0.15) is 16.5 Å². The molecule has 24 heavy (non-hydrogen) atoms. The Morgan fingerprint density at radius 1 is 1.25 bits per heavy atom. The number of benzene rings is 1. The van der Waals surface area contributed by atoms with Gasteiger partial charge in [-0.25, -0.2) is 9.37 Å². The van der Waals surface area contributed by atoms with Crippen LogP contribution in [0, 0.1) is 5.82 Å². The lowest BCUT2D eigenvalue weighted by atomic mass is 9.93. The number of nitrogens with zero attached hydrogens (tertiary/aromatic N) is 1. The average molecular weight is 394 g/mol. The van der Waals surface area contributed by atoms with E-state index in [0.29, 0.717) is 17.2 Å². The van der Waals surface area contributed by atoms with Gasteiger partial charge in [-0.1, -0.05) is 13.8 Å². The van der Waals surface area contributed by atoms with E-state index in [0.717, 1.165) is 18.4 Å². The van der Waals surface area contributed by atoms with Crippen LogP contribution in [0.15, 0.2) is 29.6 Å². The summed E-state index contributed by atoms with van der Waals surface area (Å²) in [5, 5.41) is 5.39. The fourth-order valence-electron chi connectivity index (χ4n) is 2.17. The average Bonchev–Trinajstić information content (AvgIpc) is 3.03. The Morgan fingerprint density at radius 3 is 2.33 bits per heavy atom. The first-order chi connectivity index (χ1) is 10.5. The second-order valence-electron chi connectivity index (χ2n) is 5.19. The molecule has 1 amide bonds. The fourth-order valence-corrected chi connectivity index (χ4v) is 2.98. The van der Waals surface area contributed by atoms with E-state index >= 15 is 0 Å². The maximum absolute atomic E-state index is 12.9. The first kappa shape index (κ1) is 22.8. The van der Waals surface area contributed by atoms with E-state index in [4.69, 9.17) is 5.73 Å². The zero-order valence-electron chi connectivity index (χ0n) is 13.5. The summed E-state index contributed by atoms with van der Waals surface area (Å²) >= 11 is 1.36. The van der Waals surface area contributed by atoms with Crippen molar-refractivity contribution in [2.24, 2.45) is 5.73 Å². The number of thiazole rings is 1. The molecule has 134 valence electrons. The molecule has 4 nitrogen and oxygen atoms in total. The van der Waals surface area contributed by atoms with Gasteiger partial charge in [0, 0.05) is 17.5 Å². The van der Waals surface area contributed by atoms with Gasteiger partial charge >= 0.3 is 0 Å². The third-order valence-corrected chi connectivity index (χ3v) is 4.84. The highest BCUT2D eigenvalue weighted by atomic mass is 35.5. The number of nitrogens with two attached hydrogens (primary N) is 1. The van der Waals surface area contributed by atoms with Crippen molar-refractivity contribution < 1.29 is 9.18 Å². The Hall–Kier alpha value is -1.21. The van der Waals surface area contributed by atoms with Crippen molar-refractivity contribution in [2.45, 2.75) is 32.2 Å². The largest absolute Gasteiger partial charge is 0.344 e. The normalized spacial score (nSPS) is 10.5. The summed E-state index contributed by atoms with van der Waals surface area (Å²) in [6.45, 7) is 4.39. The minimum Gasteiger partial charge on any atom is -0.344 e. The molecule has 0 saturated carbocycles. The maximum atomic E-state index is 12.9. The molecule has 0 aliphatic rings. The predicted molar refractivity (Wildman–Crippen MR) is 102 cm³/mol.